The van der Waals surface area contributed by atoms with Crippen molar-refractivity contribution in [1.29, 1.82) is 0 Å². The van der Waals surface area contributed by atoms with E-state index in [0.29, 0.717) is 24.0 Å². The topological polar surface area (TPSA) is 75.0 Å². The summed E-state index contributed by atoms with van der Waals surface area (Å²) in [5.41, 5.74) is 8.57. The van der Waals surface area contributed by atoms with Gasteiger partial charge >= 0.3 is 0 Å². The van der Waals surface area contributed by atoms with Gasteiger partial charge in [0.15, 0.2) is 5.69 Å². The van der Waals surface area contributed by atoms with Crippen LogP contribution in [0.4, 0.5) is 5.69 Å². The van der Waals surface area contributed by atoms with E-state index in [9.17, 15) is 4.79 Å². The van der Waals surface area contributed by atoms with Crippen molar-refractivity contribution in [2.45, 2.75) is 32.4 Å². The van der Waals surface area contributed by atoms with Crippen molar-refractivity contribution in [2.24, 2.45) is 0 Å². The number of carbonyl (C=O) groups is 1. The number of aromatic amines is 1. The third-order valence-corrected chi connectivity index (χ3v) is 3.64. The molecule has 5 heteroatoms. The molecule has 3 rings (SSSR count). The van der Waals surface area contributed by atoms with Gasteiger partial charge in [-0.1, -0.05) is 30.3 Å². The number of rotatable bonds is 4. The lowest BCUT2D eigenvalue weighted by molar-refractivity contribution is 0.0725. The minimum atomic E-state index is -0.0850. The molecule has 1 aliphatic rings. The molecular formula is C15H18N4O. The first-order chi connectivity index (χ1) is 9.66. The molecule has 1 aliphatic carbocycles. The van der Waals surface area contributed by atoms with E-state index in [1.165, 1.54) is 0 Å². The quantitative estimate of drug-likeness (QED) is 0.893. The monoisotopic (exact) mass is 270 g/mol. The summed E-state index contributed by atoms with van der Waals surface area (Å²) < 4.78 is 0. The maximum Gasteiger partial charge on any atom is 0.277 e. The average Bonchev–Trinajstić information content (AvgIpc) is 3.25. The molecule has 1 aromatic carbocycles. The summed E-state index contributed by atoms with van der Waals surface area (Å²) in [5, 5.41) is 6.82. The Kier molecular flexibility index (Phi) is 3.18. The zero-order chi connectivity index (χ0) is 14.1. The van der Waals surface area contributed by atoms with E-state index >= 15 is 0 Å². The maximum atomic E-state index is 12.6. The van der Waals surface area contributed by atoms with Crippen molar-refractivity contribution in [3.63, 3.8) is 0 Å². The number of anilines is 1. The number of aryl methyl sites for hydroxylation is 1. The molecule has 1 amide bonds. The highest BCUT2D eigenvalue weighted by molar-refractivity contribution is 5.97. The molecule has 0 bridgehead atoms. The second-order valence-electron chi connectivity index (χ2n) is 5.26. The Hall–Kier alpha value is -2.30. The fourth-order valence-electron chi connectivity index (χ4n) is 2.27. The van der Waals surface area contributed by atoms with Gasteiger partial charge in [0.25, 0.3) is 5.91 Å². The SMILES string of the molecule is Cc1[nH]nc(C(=O)N(Cc2ccccc2)C2CC2)c1N. The molecular weight excluding hydrogens is 252 g/mol. The van der Waals surface area contributed by atoms with E-state index in [1.54, 1.807) is 0 Å². The minimum Gasteiger partial charge on any atom is -0.395 e. The van der Waals surface area contributed by atoms with Gasteiger partial charge in [-0.3, -0.25) is 9.89 Å². The van der Waals surface area contributed by atoms with Crippen molar-refractivity contribution < 1.29 is 4.79 Å². The number of nitrogens with zero attached hydrogens (tertiary/aromatic N) is 2. The van der Waals surface area contributed by atoms with Gasteiger partial charge < -0.3 is 10.6 Å². The van der Waals surface area contributed by atoms with Crippen molar-refractivity contribution in [3.05, 3.63) is 47.3 Å². The fraction of sp³-hybridized carbons (Fsp3) is 0.333. The van der Waals surface area contributed by atoms with E-state index in [4.69, 9.17) is 5.73 Å². The summed E-state index contributed by atoms with van der Waals surface area (Å²) in [5.74, 6) is -0.0850. The molecule has 0 radical (unpaired) electrons. The molecule has 1 saturated carbocycles. The summed E-state index contributed by atoms with van der Waals surface area (Å²) >= 11 is 0. The molecule has 0 saturated heterocycles. The van der Waals surface area contributed by atoms with Crippen molar-refractivity contribution in [2.75, 3.05) is 5.73 Å². The Morgan fingerprint density at radius 2 is 2.10 bits per heavy atom. The molecule has 2 aromatic rings. The van der Waals surface area contributed by atoms with Crippen LogP contribution in [0.3, 0.4) is 0 Å². The molecule has 0 spiro atoms. The van der Waals surface area contributed by atoms with Crippen LogP contribution in [-0.2, 0) is 6.54 Å². The molecule has 104 valence electrons. The Balaban J connectivity index is 1.84. The van der Waals surface area contributed by atoms with E-state index in [1.807, 2.05) is 42.2 Å². The lowest BCUT2D eigenvalue weighted by atomic mass is 10.2. The van der Waals surface area contributed by atoms with Crippen LogP contribution in [0.15, 0.2) is 30.3 Å². The smallest absolute Gasteiger partial charge is 0.277 e. The third-order valence-electron chi connectivity index (χ3n) is 3.64. The van der Waals surface area contributed by atoms with Crippen LogP contribution in [0.2, 0.25) is 0 Å². The molecule has 3 N–H and O–H groups in total. The van der Waals surface area contributed by atoms with Gasteiger partial charge in [0.05, 0.1) is 11.4 Å². The number of nitrogens with two attached hydrogens (primary N) is 1. The number of carbonyl (C=O) groups excluding carboxylic acids is 1. The largest absolute Gasteiger partial charge is 0.395 e. The van der Waals surface area contributed by atoms with Gasteiger partial charge in [-0.05, 0) is 25.3 Å². The normalized spacial score (nSPS) is 14.2. The number of hydrogen-bond acceptors (Lipinski definition) is 3. The summed E-state index contributed by atoms with van der Waals surface area (Å²) in [4.78, 5) is 14.5. The first-order valence-electron chi connectivity index (χ1n) is 6.82. The lowest BCUT2D eigenvalue weighted by Gasteiger charge is -2.21. The third kappa shape index (κ3) is 2.39. The molecule has 1 heterocycles. The van der Waals surface area contributed by atoms with Crippen LogP contribution in [0.25, 0.3) is 0 Å². The van der Waals surface area contributed by atoms with E-state index in [0.717, 1.165) is 24.1 Å². The van der Waals surface area contributed by atoms with Gasteiger partial charge in [0.2, 0.25) is 0 Å². The molecule has 20 heavy (non-hydrogen) atoms. The average molecular weight is 270 g/mol. The maximum absolute atomic E-state index is 12.6. The van der Waals surface area contributed by atoms with E-state index in [2.05, 4.69) is 10.2 Å². The first kappa shape index (κ1) is 12.7. The number of H-pyrrole nitrogens is 1. The molecule has 5 nitrogen and oxygen atoms in total. The predicted octanol–water partition coefficient (Wildman–Crippen LogP) is 2.11. The molecule has 0 aliphatic heterocycles. The summed E-state index contributed by atoms with van der Waals surface area (Å²) in [6.45, 7) is 2.42. The Bertz CT molecular complexity index is 616. The predicted molar refractivity (Wildman–Crippen MR) is 77.1 cm³/mol. The number of benzene rings is 1. The summed E-state index contributed by atoms with van der Waals surface area (Å²) in [6.07, 6.45) is 2.11. The van der Waals surface area contributed by atoms with Crippen LogP contribution in [0, 0.1) is 6.92 Å². The van der Waals surface area contributed by atoms with Crippen LogP contribution in [0.1, 0.15) is 34.6 Å². The van der Waals surface area contributed by atoms with Gasteiger partial charge in [0.1, 0.15) is 0 Å². The summed E-state index contributed by atoms with van der Waals surface area (Å²) in [7, 11) is 0. The number of amides is 1. The highest BCUT2D eigenvalue weighted by Gasteiger charge is 2.34. The van der Waals surface area contributed by atoms with Crippen LogP contribution < -0.4 is 5.73 Å². The van der Waals surface area contributed by atoms with Crippen LogP contribution in [0.5, 0.6) is 0 Å². The number of nitrogen functional groups attached to an aromatic ring is 1. The fourth-order valence-corrected chi connectivity index (χ4v) is 2.27. The number of nitrogens with one attached hydrogen (secondary N) is 1. The molecule has 1 fully saturated rings. The highest BCUT2D eigenvalue weighted by atomic mass is 16.2. The van der Waals surface area contributed by atoms with Gasteiger partial charge in [-0.15, -0.1) is 0 Å². The van der Waals surface area contributed by atoms with E-state index < -0.39 is 0 Å². The highest BCUT2D eigenvalue weighted by Crippen LogP contribution is 2.30. The minimum absolute atomic E-state index is 0.0850. The lowest BCUT2D eigenvalue weighted by Crippen LogP contribution is -2.33. The van der Waals surface area contributed by atoms with Gasteiger partial charge in [-0.2, -0.15) is 5.10 Å². The Morgan fingerprint density at radius 3 is 2.65 bits per heavy atom. The van der Waals surface area contributed by atoms with Crippen molar-refractivity contribution >= 4 is 11.6 Å². The van der Waals surface area contributed by atoms with Crippen molar-refractivity contribution in [3.8, 4) is 0 Å². The standard InChI is InChI=1S/C15H18N4O/c1-10-13(16)14(18-17-10)15(20)19(12-7-8-12)9-11-5-3-2-4-6-11/h2-6,12H,7-9,16H2,1H3,(H,17,18). The van der Waals surface area contributed by atoms with Crippen LogP contribution >= 0.6 is 0 Å². The molecule has 0 atom stereocenters. The van der Waals surface area contributed by atoms with Gasteiger partial charge in [-0.25, -0.2) is 0 Å². The second kappa shape index (κ2) is 5.00. The van der Waals surface area contributed by atoms with Crippen LogP contribution in [-0.4, -0.2) is 27.0 Å². The first-order valence-corrected chi connectivity index (χ1v) is 6.82. The summed E-state index contributed by atoms with van der Waals surface area (Å²) in [6, 6.07) is 10.3. The molecule has 1 aromatic heterocycles. The number of hydrogen-bond donors (Lipinski definition) is 2. The Labute approximate surface area is 117 Å². The van der Waals surface area contributed by atoms with Gasteiger partial charge in [0, 0.05) is 12.6 Å². The van der Waals surface area contributed by atoms with E-state index in [-0.39, 0.29) is 5.91 Å². The number of aromatic nitrogens is 2. The van der Waals surface area contributed by atoms with Crippen molar-refractivity contribution in [1.82, 2.24) is 15.1 Å². The molecule has 0 unspecified atom stereocenters. The zero-order valence-electron chi connectivity index (χ0n) is 11.5. The Morgan fingerprint density at radius 1 is 1.40 bits per heavy atom. The zero-order valence-corrected chi connectivity index (χ0v) is 11.5. The second-order valence-corrected chi connectivity index (χ2v) is 5.26.